The van der Waals surface area contributed by atoms with Gasteiger partial charge in [0.05, 0.1) is 6.61 Å². The summed E-state index contributed by atoms with van der Waals surface area (Å²) < 4.78 is 5.48. The second-order valence-corrected chi connectivity index (χ2v) is 5.15. The highest BCUT2D eigenvalue weighted by atomic mass is 35.5. The van der Waals surface area contributed by atoms with Gasteiger partial charge in [-0.3, -0.25) is 9.69 Å². The fraction of sp³-hybridized carbons (Fsp3) is 0.357. The Morgan fingerprint density at radius 3 is 2.67 bits per heavy atom. The highest BCUT2D eigenvalue weighted by Gasteiger charge is 2.41. The van der Waals surface area contributed by atoms with Crippen LogP contribution >= 0.6 is 11.6 Å². The molecule has 1 unspecified atom stereocenters. The van der Waals surface area contributed by atoms with Crippen LogP contribution in [0.15, 0.2) is 36.4 Å². The molecule has 1 fully saturated rings. The Bertz CT molecular complexity index is 456. The molecule has 1 atom stereocenters. The van der Waals surface area contributed by atoms with E-state index in [0.29, 0.717) is 6.61 Å². The lowest BCUT2D eigenvalue weighted by atomic mass is 10.2. The summed E-state index contributed by atoms with van der Waals surface area (Å²) >= 11 is 6.09. The molecule has 1 heterocycles. The molecule has 1 aliphatic rings. The highest BCUT2D eigenvalue weighted by Crippen LogP contribution is 2.29. The van der Waals surface area contributed by atoms with E-state index >= 15 is 0 Å². The second-order valence-electron chi connectivity index (χ2n) is 4.64. The summed E-state index contributed by atoms with van der Waals surface area (Å²) in [4.78, 5) is 13.7. The van der Waals surface area contributed by atoms with Crippen LogP contribution in [0.25, 0.3) is 6.08 Å². The monoisotopic (exact) mass is 265 g/mol. The Labute approximate surface area is 112 Å². The molecule has 1 aromatic carbocycles. The van der Waals surface area contributed by atoms with Gasteiger partial charge < -0.3 is 4.74 Å². The molecule has 0 N–H and O–H groups in total. The van der Waals surface area contributed by atoms with Gasteiger partial charge in [-0.05, 0) is 25.5 Å². The third-order valence-corrected chi connectivity index (χ3v) is 3.21. The molecule has 18 heavy (non-hydrogen) atoms. The molecule has 1 amide bonds. The molecule has 3 nitrogen and oxygen atoms in total. The van der Waals surface area contributed by atoms with Crippen LogP contribution in [0.2, 0.25) is 0 Å². The van der Waals surface area contributed by atoms with E-state index in [9.17, 15) is 4.79 Å². The zero-order valence-electron chi connectivity index (χ0n) is 10.5. The third-order valence-electron chi connectivity index (χ3n) is 2.89. The number of benzene rings is 1. The summed E-state index contributed by atoms with van der Waals surface area (Å²) in [6.45, 7) is 4.03. The molecular weight excluding hydrogens is 250 g/mol. The van der Waals surface area contributed by atoms with Gasteiger partial charge in [-0.1, -0.05) is 41.9 Å². The van der Waals surface area contributed by atoms with Crippen molar-refractivity contribution >= 4 is 23.6 Å². The molecule has 0 saturated carbocycles. The van der Waals surface area contributed by atoms with Crippen LogP contribution in [0.1, 0.15) is 19.4 Å². The van der Waals surface area contributed by atoms with Crippen LogP contribution in [0.3, 0.4) is 0 Å². The number of ether oxygens (including phenoxy) is 1. The van der Waals surface area contributed by atoms with Crippen LogP contribution in [0.4, 0.5) is 0 Å². The first kappa shape index (κ1) is 13.1. The van der Waals surface area contributed by atoms with E-state index in [4.69, 9.17) is 16.3 Å². The van der Waals surface area contributed by atoms with Crippen molar-refractivity contribution < 1.29 is 9.53 Å². The Hall–Kier alpha value is -1.32. The molecule has 0 spiro atoms. The van der Waals surface area contributed by atoms with Crippen molar-refractivity contribution in [3.8, 4) is 0 Å². The summed E-state index contributed by atoms with van der Waals surface area (Å²) in [5, 5.41) is 0. The van der Waals surface area contributed by atoms with Crippen molar-refractivity contribution in [1.82, 2.24) is 4.90 Å². The van der Waals surface area contributed by atoms with Crippen molar-refractivity contribution in [2.75, 3.05) is 6.61 Å². The van der Waals surface area contributed by atoms with Gasteiger partial charge in [0, 0.05) is 6.08 Å². The molecule has 2 rings (SSSR count). The fourth-order valence-electron chi connectivity index (χ4n) is 1.97. The predicted octanol–water partition coefficient (Wildman–Crippen LogP) is 2.86. The topological polar surface area (TPSA) is 29.5 Å². The number of hydrogen-bond donors (Lipinski definition) is 0. The smallest absolute Gasteiger partial charge is 0.250 e. The van der Waals surface area contributed by atoms with E-state index in [-0.39, 0.29) is 5.91 Å². The molecule has 0 bridgehead atoms. The summed E-state index contributed by atoms with van der Waals surface area (Å²) in [5.41, 5.74) is -0.0762. The van der Waals surface area contributed by atoms with E-state index in [0.717, 1.165) is 5.56 Å². The average molecular weight is 266 g/mol. The average Bonchev–Trinajstić information content (AvgIpc) is 2.62. The van der Waals surface area contributed by atoms with E-state index in [2.05, 4.69) is 0 Å². The van der Waals surface area contributed by atoms with Crippen molar-refractivity contribution in [2.45, 2.75) is 25.1 Å². The number of nitrogens with zero attached hydrogens (tertiary/aromatic N) is 1. The van der Waals surface area contributed by atoms with Gasteiger partial charge in [-0.2, -0.15) is 0 Å². The minimum atomic E-state index is -0.648. The number of rotatable bonds is 2. The van der Waals surface area contributed by atoms with E-state index in [1.54, 1.807) is 11.0 Å². The van der Waals surface area contributed by atoms with Crippen molar-refractivity contribution in [1.29, 1.82) is 0 Å². The lowest BCUT2D eigenvalue weighted by Gasteiger charge is -2.30. The summed E-state index contributed by atoms with van der Waals surface area (Å²) in [6, 6.07) is 9.67. The first-order valence-electron chi connectivity index (χ1n) is 5.85. The maximum Gasteiger partial charge on any atom is 0.250 e. The Balaban J connectivity index is 2.11. The minimum absolute atomic E-state index is 0.138. The van der Waals surface area contributed by atoms with Crippen LogP contribution in [0, 0.1) is 0 Å². The molecule has 4 heteroatoms. The number of carbonyl (C=O) groups is 1. The molecule has 0 aromatic heterocycles. The second kappa shape index (κ2) is 5.12. The predicted molar refractivity (Wildman–Crippen MR) is 72.0 cm³/mol. The van der Waals surface area contributed by atoms with Gasteiger partial charge in [0.15, 0.2) is 0 Å². The number of alkyl halides is 1. The van der Waals surface area contributed by atoms with Gasteiger partial charge >= 0.3 is 0 Å². The van der Waals surface area contributed by atoms with Crippen LogP contribution in [-0.2, 0) is 9.53 Å². The molecule has 1 aromatic rings. The van der Waals surface area contributed by atoms with E-state index in [1.165, 1.54) is 6.08 Å². The standard InChI is InChI=1S/C14H16ClNO2/c1-14(2)16(12(15)10-18-14)13(17)9-8-11-6-4-3-5-7-11/h3-9,12H,10H2,1-2H3. The van der Waals surface area contributed by atoms with Gasteiger partial charge in [-0.15, -0.1) is 0 Å². The zero-order chi connectivity index (χ0) is 13.2. The zero-order valence-corrected chi connectivity index (χ0v) is 11.2. The maximum atomic E-state index is 12.1. The SMILES string of the molecule is CC1(C)OCC(Cl)N1C(=O)C=Cc1ccccc1. The Morgan fingerprint density at radius 2 is 2.11 bits per heavy atom. The lowest BCUT2D eigenvalue weighted by Crippen LogP contribution is -2.45. The third kappa shape index (κ3) is 2.74. The summed E-state index contributed by atoms with van der Waals surface area (Å²) in [5.74, 6) is -0.138. The summed E-state index contributed by atoms with van der Waals surface area (Å²) in [7, 11) is 0. The minimum Gasteiger partial charge on any atom is -0.353 e. The quantitative estimate of drug-likeness (QED) is 0.468. The molecule has 96 valence electrons. The van der Waals surface area contributed by atoms with Gasteiger partial charge in [-0.25, -0.2) is 0 Å². The van der Waals surface area contributed by atoms with Crippen molar-refractivity contribution in [2.24, 2.45) is 0 Å². The largest absolute Gasteiger partial charge is 0.353 e. The highest BCUT2D eigenvalue weighted by molar-refractivity contribution is 6.22. The number of halogens is 1. The Kier molecular flexibility index (Phi) is 3.73. The van der Waals surface area contributed by atoms with E-state index < -0.39 is 11.2 Å². The fourth-order valence-corrected chi connectivity index (χ4v) is 2.36. The first-order chi connectivity index (χ1) is 8.50. The van der Waals surface area contributed by atoms with Gasteiger partial charge in [0.25, 0.3) is 0 Å². The van der Waals surface area contributed by atoms with Crippen LogP contribution in [-0.4, -0.2) is 28.6 Å². The molecule has 0 aliphatic carbocycles. The van der Waals surface area contributed by atoms with Crippen molar-refractivity contribution in [3.63, 3.8) is 0 Å². The maximum absolute atomic E-state index is 12.1. The molecular formula is C14H16ClNO2. The van der Waals surface area contributed by atoms with Gasteiger partial charge in [0.2, 0.25) is 5.91 Å². The van der Waals surface area contributed by atoms with Crippen molar-refractivity contribution in [3.05, 3.63) is 42.0 Å². The lowest BCUT2D eigenvalue weighted by molar-refractivity contribution is -0.139. The number of hydrogen-bond acceptors (Lipinski definition) is 2. The van der Waals surface area contributed by atoms with Crippen LogP contribution in [0.5, 0.6) is 0 Å². The molecule has 1 saturated heterocycles. The molecule has 0 radical (unpaired) electrons. The van der Waals surface area contributed by atoms with Crippen LogP contribution < -0.4 is 0 Å². The number of amides is 1. The Morgan fingerprint density at radius 1 is 1.44 bits per heavy atom. The van der Waals surface area contributed by atoms with E-state index in [1.807, 2.05) is 44.2 Å². The normalized spacial score (nSPS) is 22.6. The first-order valence-corrected chi connectivity index (χ1v) is 6.29. The molecule has 1 aliphatic heterocycles. The number of carbonyl (C=O) groups excluding carboxylic acids is 1. The summed E-state index contributed by atoms with van der Waals surface area (Å²) in [6.07, 6.45) is 3.31. The van der Waals surface area contributed by atoms with Gasteiger partial charge in [0.1, 0.15) is 11.2 Å².